The molecule has 2 fully saturated rings. The average Bonchev–Trinajstić information content (AvgIpc) is 3.59. The number of hydrogen-bond acceptors (Lipinski definition) is 6. The predicted octanol–water partition coefficient (Wildman–Crippen LogP) is 4.98. The summed E-state index contributed by atoms with van der Waals surface area (Å²) in [5.41, 5.74) is 2.19. The highest BCUT2D eigenvalue weighted by Gasteiger charge is 2.60. The van der Waals surface area contributed by atoms with Crippen molar-refractivity contribution in [3.8, 4) is 11.5 Å². The van der Waals surface area contributed by atoms with Crippen LogP contribution in [0.5, 0.6) is 11.5 Å². The van der Waals surface area contributed by atoms with Crippen LogP contribution in [0.4, 0.5) is 11.4 Å². The van der Waals surface area contributed by atoms with Crippen LogP contribution in [0.3, 0.4) is 0 Å². The van der Waals surface area contributed by atoms with E-state index in [0.717, 1.165) is 6.42 Å². The number of esters is 1. The Kier molecular flexibility index (Phi) is 6.23. The number of anilines is 2. The number of allylic oxidation sites excluding steroid dienone is 2. The van der Waals surface area contributed by atoms with E-state index in [1.165, 1.54) is 22.6 Å². The average molecular weight is 523 g/mol. The van der Waals surface area contributed by atoms with E-state index in [0.29, 0.717) is 22.9 Å². The van der Waals surface area contributed by atoms with Crippen molar-refractivity contribution in [2.24, 2.45) is 23.7 Å². The summed E-state index contributed by atoms with van der Waals surface area (Å²) in [6.45, 7) is 1.52. The van der Waals surface area contributed by atoms with Crippen LogP contribution in [-0.2, 0) is 19.1 Å². The molecule has 3 aliphatic rings. The van der Waals surface area contributed by atoms with Crippen molar-refractivity contribution in [3.63, 3.8) is 0 Å². The molecule has 1 N–H and O–H groups in total. The molecule has 0 unspecified atom stereocenters. The topological polar surface area (TPSA) is 102 Å². The Morgan fingerprint density at radius 3 is 2.38 bits per heavy atom. The molecular formula is C31H26N2O6. The van der Waals surface area contributed by atoms with Gasteiger partial charge in [0.1, 0.15) is 11.5 Å². The molecule has 0 radical (unpaired) electrons. The number of fused-ring (bicyclic) bond motifs is 5. The van der Waals surface area contributed by atoms with Crippen LogP contribution in [-0.4, -0.2) is 30.3 Å². The third-order valence-corrected chi connectivity index (χ3v) is 7.67. The van der Waals surface area contributed by atoms with E-state index in [1.54, 1.807) is 36.4 Å². The molecule has 4 atom stereocenters. The smallest absolute Gasteiger partial charge is 0.338 e. The quantitative estimate of drug-likeness (QED) is 0.267. The molecule has 3 aromatic rings. The van der Waals surface area contributed by atoms with Crippen LogP contribution in [0.2, 0.25) is 0 Å². The van der Waals surface area contributed by atoms with Gasteiger partial charge in [-0.15, -0.1) is 0 Å². The fraction of sp³-hybridized carbons (Fsp3) is 0.226. The van der Waals surface area contributed by atoms with Crippen LogP contribution >= 0.6 is 0 Å². The molecule has 196 valence electrons. The number of nitrogens with zero attached hydrogens (tertiary/aromatic N) is 1. The lowest BCUT2D eigenvalue weighted by atomic mass is 9.82. The zero-order chi connectivity index (χ0) is 27.1. The van der Waals surface area contributed by atoms with Crippen molar-refractivity contribution in [1.82, 2.24) is 0 Å². The molecule has 0 spiro atoms. The van der Waals surface area contributed by atoms with Crippen molar-refractivity contribution in [1.29, 1.82) is 0 Å². The van der Waals surface area contributed by atoms with Gasteiger partial charge in [-0.25, -0.2) is 9.69 Å². The lowest BCUT2D eigenvalue weighted by Crippen LogP contribution is -2.33. The number of para-hydroxylation sites is 1. The van der Waals surface area contributed by atoms with Gasteiger partial charge in [0, 0.05) is 5.69 Å². The normalized spacial score (nSPS) is 22.9. The Morgan fingerprint density at radius 2 is 1.62 bits per heavy atom. The second-order valence-corrected chi connectivity index (χ2v) is 10.1. The highest BCUT2D eigenvalue weighted by molar-refractivity contribution is 6.23. The minimum absolute atomic E-state index is 0.0979. The first-order chi connectivity index (χ1) is 18.9. The second-order valence-electron chi connectivity index (χ2n) is 10.1. The van der Waals surface area contributed by atoms with Crippen LogP contribution in [0.15, 0.2) is 90.5 Å². The first-order valence-electron chi connectivity index (χ1n) is 12.8. The maximum absolute atomic E-state index is 13.2. The summed E-state index contributed by atoms with van der Waals surface area (Å²) in [4.78, 5) is 52.7. The van der Waals surface area contributed by atoms with Crippen molar-refractivity contribution in [3.05, 3.63) is 96.1 Å². The third kappa shape index (κ3) is 4.58. The molecule has 1 heterocycles. The van der Waals surface area contributed by atoms with Crippen LogP contribution in [0.25, 0.3) is 0 Å². The van der Waals surface area contributed by atoms with E-state index in [-0.39, 0.29) is 41.0 Å². The number of benzene rings is 3. The van der Waals surface area contributed by atoms with Gasteiger partial charge < -0.3 is 14.8 Å². The SMILES string of the molecule is CC1=C[C@H]2C[C@H]1[C@@H]1C(=O)N(c3cccc(C(=O)OCC(=O)Nc4ccc(Oc5ccccc5)cc4)c3)C(=O)[C@H]12. The van der Waals surface area contributed by atoms with Crippen LogP contribution in [0, 0.1) is 23.7 Å². The number of imide groups is 1. The largest absolute Gasteiger partial charge is 0.457 e. The summed E-state index contributed by atoms with van der Waals surface area (Å²) in [6.07, 6.45) is 2.97. The summed E-state index contributed by atoms with van der Waals surface area (Å²) < 4.78 is 10.9. The minimum atomic E-state index is -0.726. The molecule has 3 aromatic carbocycles. The fourth-order valence-corrected chi connectivity index (χ4v) is 5.94. The maximum Gasteiger partial charge on any atom is 0.338 e. The molecule has 1 aliphatic heterocycles. The zero-order valence-corrected chi connectivity index (χ0v) is 21.2. The number of ether oxygens (including phenoxy) is 2. The van der Waals surface area contributed by atoms with Crippen molar-refractivity contribution in [2.45, 2.75) is 13.3 Å². The molecule has 39 heavy (non-hydrogen) atoms. The Bertz CT molecular complexity index is 1500. The number of amides is 3. The van der Waals surface area contributed by atoms with E-state index in [4.69, 9.17) is 9.47 Å². The maximum atomic E-state index is 13.2. The van der Waals surface area contributed by atoms with Crippen LogP contribution < -0.4 is 15.0 Å². The van der Waals surface area contributed by atoms with Gasteiger partial charge in [0.25, 0.3) is 5.91 Å². The first kappa shape index (κ1) is 24.6. The molecule has 1 saturated carbocycles. The summed E-state index contributed by atoms with van der Waals surface area (Å²) >= 11 is 0. The third-order valence-electron chi connectivity index (χ3n) is 7.67. The Balaban J connectivity index is 1.05. The molecule has 3 amide bonds. The summed E-state index contributed by atoms with van der Waals surface area (Å²) in [7, 11) is 0. The van der Waals surface area contributed by atoms with E-state index < -0.39 is 18.5 Å². The molecule has 0 aromatic heterocycles. The van der Waals surface area contributed by atoms with Gasteiger partial charge in [0.05, 0.1) is 23.1 Å². The van der Waals surface area contributed by atoms with Gasteiger partial charge in [-0.05, 0) is 79.8 Å². The number of hydrogen-bond donors (Lipinski definition) is 1. The van der Waals surface area contributed by atoms with E-state index in [9.17, 15) is 19.2 Å². The van der Waals surface area contributed by atoms with Gasteiger partial charge >= 0.3 is 5.97 Å². The summed E-state index contributed by atoms with van der Waals surface area (Å²) in [5, 5.41) is 2.67. The standard InChI is InChI=1S/C31H26N2O6/c1-18-14-20-16-25(18)28-27(20)29(35)33(30(28)36)22-7-5-6-19(15-22)31(37)38-17-26(34)32-21-10-12-24(13-11-21)39-23-8-3-2-4-9-23/h2-15,20,25,27-28H,16-17H2,1H3,(H,32,34)/t20-,25+,27-,28-/m0/s1. The van der Waals surface area contributed by atoms with E-state index in [1.807, 2.05) is 37.3 Å². The van der Waals surface area contributed by atoms with Crippen molar-refractivity contribution < 1.29 is 28.7 Å². The number of nitrogens with one attached hydrogen (secondary N) is 1. The Labute approximate surface area is 225 Å². The van der Waals surface area contributed by atoms with Gasteiger partial charge in [0.15, 0.2) is 6.61 Å². The molecule has 2 bridgehead atoms. The number of carbonyl (C=O) groups excluding carboxylic acids is 4. The molecule has 2 aliphatic carbocycles. The number of carbonyl (C=O) groups is 4. The van der Waals surface area contributed by atoms with Gasteiger partial charge in [-0.2, -0.15) is 0 Å². The van der Waals surface area contributed by atoms with E-state index in [2.05, 4.69) is 11.4 Å². The highest BCUT2D eigenvalue weighted by Crippen LogP contribution is 2.55. The monoisotopic (exact) mass is 522 g/mol. The Morgan fingerprint density at radius 1 is 0.897 bits per heavy atom. The van der Waals surface area contributed by atoms with E-state index >= 15 is 0 Å². The molecule has 1 saturated heterocycles. The lowest BCUT2D eigenvalue weighted by Gasteiger charge is -2.19. The predicted molar refractivity (Wildman–Crippen MR) is 143 cm³/mol. The van der Waals surface area contributed by atoms with Gasteiger partial charge in [-0.3, -0.25) is 14.4 Å². The molecule has 6 rings (SSSR count). The van der Waals surface area contributed by atoms with Gasteiger partial charge in [0.2, 0.25) is 11.8 Å². The van der Waals surface area contributed by atoms with Crippen molar-refractivity contribution >= 4 is 35.1 Å². The lowest BCUT2D eigenvalue weighted by molar-refractivity contribution is -0.123. The second kappa shape index (κ2) is 9.87. The molecule has 8 nitrogen and oxygen atoms in total. The number of rotatable bonds is 7. The highest BCUT2D eigenvalue weighted by atomic mass is 16.5. The fourth-order valence-electron chi connectivity index (χ4n) is 5.94. The molecule has 8 heteroatoms. The summed E-state index contributed by atoms with van der Waals surface area (Å²) in [6, 6.07) is 22.4. The zero-order valence-electron chi connectivity index (χ0n) is 21.2. The Hall–Kier alpha value is -4.72. The first-order valence-corrected chi connectivity index (χ1v) is 12.8. The summed E-state index contributed by atoms with van der Waals surface area (Å²) in [5.74, 6) is -0.797. The minimum Gasteiger partial charge on any atom is -0.457 e. The van der Waals surface area contributed by atoms with Crippen LogP contribution in [0.1, 0.15) is 23.7 Å². The van der Waals surface area contributed by atoms with Gasteiger partial charge in [-0.1, -0.05) is 35.9 Å². The molecular weight excluding hydrogens is 496 g/mol. The van der Waals surface area contributed by atoms with Crippen molar-refractivity contribution in [2.75, 3.05) is 16.8 Å².